The molecule has 0 aliphatic carbocycles. The summed E-state index contributed by atoms with van der Waals surface area (Å²) in [4.78, 5) is 24.1. The molecule has 3 heterocycles. The van der Waals surface area contributed by atoms with Crippen LogP contribution in [0.1, 0.15) is 26.0 Å². The number of carbonyl (C=O) groups is 1. The highest BCUT2D eigenvalue weighted by Gasteiger charge is 2.47. The largest absolute Gasteiger partial charge is 0.387 e. The number of unbranched alkanes of at least 4 members (excludes halogenated alkanes) is 1. The van der Waals surface area contributed by atoms with Crippen molar-refractivity contribution in [1.82, 2.24) is 24.8 Å². The van der Waals surface area contributed by atoms with Crippen molar-refractivity contribution >= 4 is 22.9 Å². The summed E-state index contributed by atoms with van der Waals surface area (Å²) in [7, 11) is 0. The lowest BCUT2D eigenvalue weighted by Crippen LogP contribution is -2.43. The molecule has 3 rings (SSSR count). The number of hydrogen-bond donors (Lipinski definition) is 4. The van der Waals surface area contributed by atoms with Gasteiger partial charge in [-0.1, -0.05) is 13.3 Å². The van der Waals surface area contributed by atoms with E-state index in [9.17, 15) is 15.0 Å². The van der Waals surface area contributed by atoms with E-state index in [2.05, 4.69) is 20.3 Å². The van der Waals surface area contributed by atoms with Gasteiger partial charge in [0, 0.05) is 6.54 Å². The van der Waals surface area contributed by atoms with Crippen LogP contribution in [0.15, 0.2) is 12.7 Å². The Bertz CT molecular complexity index is 735. The highest BCUT2D eigenvalue weighted by Crippen LogP contribution is 2.32. The smallest absolute Gasteiger partial charge is 0.252 e. The minimum absolute atomic E-state index is 0.195. The number of nitrogens with zero attached hydrogens (tertiary/aromatic N) is 4. The van der Waals surface area contributed by atoms with Gasteiger partial charge in [-0.2, -0.15) is 0 Å². The molecule has 1 saturated heterocycles. The molecule has 1 aliphatic rings. The first-order valence-corrected chi connectivity index (χ1v) is 7.77. The van der Waals surface area contributed by atoms with E-state index in [0.29, 0.717) is 17.7 Å². The van der Waals surface area contributed by atoms with Crippen molar-refractivity contribution in [2.75, 3.05) is 12.3 Å². The Labute approximate surface area is 137 Å². The van der Waals surface area contributed by atoms with Gasteiger partial charge in [-0.25, -0.2) is 15.0 Å². The van der Waals surface area contributed by atoms with Gasteiger partial charge in [0.05, 0.1) is 6.33 Å². The van der Waals surface area contributed by atoms with Gasteiger partial charge in [0.25, 0.3) is 5.91 Å². The summed E-state index contributed by atoms with van der Waals surface area (Å²) in [5.41, 5.74) is 6.44. The normalized spacial score (nSPS) is 26.8. The third kappa shape index (κ3) is 2.79. The Hall–Kier alpha value is -2.30. The minimum Gasteiger partial charge on any atom is -0.387 e. The fourth-order valence-corrected chi connectivity index (χ4v) is 2.65. The van der Waals surface area contributed by atoms with Crippen molar-refractivity contribution in [3.63, 3.8) is 0 Å². The number of nitrogens with one attached hydrogen (secondary N) is 1. The van der Waals surface area contributed by atoms with E-state index >= 15 is 0 Å². The second kappa shape index (κ2) is 6.67. The summed E-state index contributed by atoms with van der Waals surface area (Å²) in [5, 5.41) is 23.1. The molecule has 130 valence electrons. The quantitative estimate of drug-likeness (QED) is 0.505. The molecule has 0 aromatic carbocycles. The van der Waals surface area contributed by atoms with E-state index in [1.807, 2.05) is 6.92 Å². The van der Waals surface area contributed by atoms with Gasteiger partial charge in [0.15, 0.2) is 23.8 Å². The highest BCUT2D eigenvalue weighted by molar-refractivity contribution is 5.82. The lowest BCUT2D eigenvalue weighted by atomic mass is 10.1. The second-order valence-corrected chi connectivity index (χ2v) is 5.66. The van der Waals surface area contributed by atoms with Crippen molar-refractivity contribution < 1.29 is 19.7 Å². The van der Waals surface area contributed by atoms with Gasteiger partial charge >= 0.3 is 0 Å². The first-order chi connectivity index (χ1) is 11.5. The molecule has 0 bridgehead atoms. The first kappa shape index (κ1) is 16.6. The second-order valence-electron chi connectivity index (χ2n) is 5.66. The predicted molar refractivity (Wildman–Crippen MR) is 83.6 cm³/mol. The Kier molecular flexibility index (Phi) is 4.60. The van der Waals surface area contributed by atoms with Gasteiger partial charge in [-0.05, 0) is 6.42 Å². The summed E-state index contributed by atoms with van der Waals surface area (Å²) in [6.07, 6.45) is -0.422. The highest BCUT2D eigenvalue weighted by atomic mass is 16.6. The summed E-state index contributed by atoms with van der Waals surface area (Å²) in [6.45, 7) is 2.49. The molecule has 1 amide bonds. The number of anilines is 1. The lowest BCUT2D eigenvalue weighted by molar-refractivity contribution is -0.137. The van der Waals surface area contributed by atoms with Crippen LogP contribution in [0, 0.1) is 0 Å². The van der Waals surface area contributed by atoms with Gasteiger partial charge in [0.2, 0.25) is 0 Å². The minimum atomic E-state index is -1.35. The molecular formula is C14H20N6O4. The van der Waals surface area contributed by atoms with Gasteiger partial charge < -0.3 is 26.0 Å². The van der Waals surface area contributed by atoms with Gasteiger partial charge in [0.1, 0.15) is 24.1 Å². The van der Waals surface area contributed by atoms with Gasteiger partial charge in [-0.3, -0.25) is 9.36 Å². The number of rotatable bonds is 5. The fraction of sp³-hybridized carbons (Fsp3) is 0.571. The van der Waals surface area contributed by atoms with Crippen LogP contribution in [0.4, 0.5) is 5.82 Å². The molecule has 0 saturated carbocycles. The van der Waals surface area contributed by atoms with Crippen LogP contribution in [-0.2, 0) is 9.53 Å². The van der Waals surface area contributed by atoms with E-state index in [0.717, 1.165) is 12.8 Å². The molecule has 1 unspecified atom stereocenters. The van der Waals surface area contributed by atoms with Crippen LogP contribution in [-0.4, -0.2) is 60.5 Å². The Morgan fingerprint density at radius 2 is 2.17 bits per heavy atom. The van der Waals surface area contributed by atoms with Crippen LogP contribution in [0.2, 0.25) is 0 Å². The number of nitrogens with two attached hydrogens (primary N) is 1. The Morgan fingerprint density at radius 3 is 2.92 bits per heavy atom. The fourth-order valence-electron chi connectivity index (χ4n) is 2.65. The van der Waals surface area contributed by atoms with Crippen molar-refractivity contribution in [3.05, 3.63) is 12.7 Å². The zero-order valence-corrected chi connectivity index (χ0v) is 13.2. The number of hydrogen-bond acceptors (Lipinski definition) is 8. The molecule has 2 aromatic rings. The molecule has 4 atom stereocenters. The standard InChI is InChI=1S/C14H20N6O4/c1-2-3-4-16-13(23)10-8(21)9(22)14(24-10)20-6-19-7-11(15)17-5-18-12(7)20/h5-6,8-10,14,21-22H,2-4H2,1H3,(H,16,23)(H2,15,17,18)/t8-,9+,10-,14?/m0/s1. The SMILES string of the molecule is CCCCNC(=O)[C@H]1OC(n2cnc3c(N)ncnc32)[C@H](O)[C@@H]1O. The maximum atomic E-state index is 12.1. The third-order valence-corrected chi connectivity index (χ3v) is 3.99. The number of fused-ring (bicyclic) bond motifs is 1. The summed E-state index contributed by atoms with van der Waals surface area (Å²) < 4.78 is 7.01. The predicted octanol–water partition coefficient (Wildman–Crippen LogP) is -1.06. The zero-order chi connectivity index (χ0) is 17.3. The van der Waals surface area contributed by atoms with E-state index in [-0.39, 0.29) is 5.82 Å². The van der Waals surface area contributed by atoms with Crippen molar-refractivity contribution in [2.45, 2.75) is 44.3 Å². The van der Waals surface area contributed by atoms with E-state index < -0.39 is 30.4 Å². The Balaban J connectivity index is 1.81. The number of amides is 1. The monoisotopic (exact) mass is 336 g/mol. The molecule has 1 aliphatic heterocycles. The van der Waals surface area contributed by atoms with Crippen LogP contribution in [0.3, 0.4) is 0 Å². The van der Waals surface area contributed by atoms with Crippen molar-refractivity contribution in [1.29, 1.82) is 0 Å². The van der Waals surface area contributed by atoms with E-state index in [4.69, 9.17) is 10.5 Å². The lowest BCUT2D eigenvalue weighted by Gasteiger charge is -2.16. The maximum absolute atomic E-state index is 12.1. The molecule has 5 N–H and O–H groups in total. The van der Waals surface area contributed by atoms with Crippen LogP contribution < -0.4 is 11.1 Å². The molecule has 2 aromatic heterocycles. The molecular weight excluding hydrogens is 316 g/mol. The summed E-state index contributed by atoms with van der Waals surface area (Å²) in [5.74, 6) is -0.267. The van der Waals surface area contributed by atoms with Crippen LogP contribution in [0.5, 0.6) is 0 Å². The number of aliphatic hydroxyl groups is 2. The number of aliphatic hydroxyl groups excluding tert-OH is 2. The average Bonchev–Trinajstić information content (AvgIpc) is 3.11. The molecule has 10 heteroatoms. The zero-order valence-electron chi connectivity index (χ0n) is 13.2. The average molecular weight is 336 g/mol. The summed E-state index contributed by atoms with van der Waals surface area (Å²) >= 11 is 0. The number of nitrogen functional groups attached to an aromatic ring is 1. The third-order valence-electron chi connectivity index (χ3n) is 3.99. The molecule has 10 nitrogen and oxygen atoms in total. The van der Waals surface area contributed by atoms with E-state index in [1.54, 1.807) is 0 Å². The molecule has 0 spiro atoms. The maximum Gasteiger partial charge on any atom is 0.252 e. The van der Waals surface area contributed by atoms with Crippen molar-refractivity contribution in [2.24, 2.45) is 0 Å². The number of carbonyl (C=O) groups excluding carboxylic acids is 1. The number of imidazole rings is 1. The van der Waals surface area contributed by atoms with Crippen LogP contribution in [0.25, 0.3) is 11.2 Å². The van der Waals surface area contributed by atoms with Crippen molar-refractivity contribution in [3.8, 4) is 0 Å². The Morgan fingerprint density at radius 1 is 1.38 bits per heavy atom. The number of aromatic nitrogens is 4. The topological polar surface area (TPSA) is 148 Å². The molecule has 24 heavy (non-hydrogen) atoms. The van der Waals surface area contributed by atoms with Gasteiger partial charge in [-0.15, -0.1) is 0 Å². The van der Waals surface area contributed by atoms with E-state index in [1.165, 1.54) is 17.2 Å². The molecule has 1 fully saturated rings. The molecule has 0 radical (unpaired) electrons. The number of ether oxygens (including phenoxy) is 1. The summed E-state index contributed by atoms with van der Waals surface area (Å²) in [6, 6.07) is 0. The van der Waals surface area contributed by atoms with Crippen LogP contribution >= 0.6 is 0 Å². The first-order valence-electron chi connectivity index (χ1n) is 7.77.